The van der Waals surface area contributed by atoms with Crippen LogP contribution in [-0.4, -0.2) is 5.54 Å². The number of rotatable bonds is 13. The number of hydrogen-bond acceptors (Lipinski definition) is 1. The van der Waals surface area contributed by atoms with Gasteiger partial charge in [-0.3, -0.25) is 0 Å². The van der Waals surface area contributed by atoms with E-state index < -0.39 is 0 Å². The Balaban J connectivity index is 0. The van der Waals surface area contributed by atoms with Gasteiger partial charge in [0, 0.05) is 5.54 Å². The molecular weight excluding hydrogens is 254 g/mol. The second-order valence-electron chi connectivity index (χ2n) is 6.09. The van der Waals surface area contributed by atoms with Gasteiger partial charge in [0.25, 0.3) is 0 Å². The molecular formula is C17H38ClN. The summed E-state index contributed by atoms with van der Waals surface area (Å²) in [7, 11) is 0. The van der Waals surface area contributed by atoms with Crippen molar-refractivity contribution in [1.29, 1.82) is 0 Å². The molecule has 19 heavy (non-hydrogen) atoms. The van der Waals surface area contributed by atoms with Crippen molar-refractivity contribution in [3.05, 3.63) is 0 Å². The Bertz CT molecular complexity index is 161. The van der Waals surface area contributed by atoms with Crippen molar-refractivity contribution in [2.45, 2.75) is 110 Å². The van der Waals surface area contributed by atoms with E-state index in [4.69, 9.17) is 5.73 Å². The first-order valence-electron chi connectivity index (χ1n) is 8.47. The second-order valence-corrected chi connectivity index (χ2v) is 6.09. The van der Waals surface area contributed by atoms with Crippen molar-refractivity contribution >= 4 is 12.4 Å². The third-order valence-corrected chi connectivity index (χ3v) is 4.08. The molecule has 0 heterocycles. The van der Waals surface area contributed by atoms with Gasteiger partial charge >= 0.3 is 0 Å². The van der Waals surface area contributed by atoms with E-state index in [0.29, 0.717) is 0 Å². The Morgan fingerprint density at radius 2 is 0.895 bits per heavy atom. The lowest BCUT2D eigenvalue weighted by molar-refractivity contribution is 0.305. The molecule has 0 amide bonds. The molecule has 0 aliphatic rings. The maximum Gasteiger partial charge on any atom is 0.0154 e. The number of hydrogen-bond donors (Lipinski definition) is 1. The van der Waals surface area contributed by atoms with Gasteiger partial charge in [0.15, 0.2) is 0 Å². The number of nitrogens with two attached hydrogens (primary N) is 1. The van der Waals surface area contributed by atoms with Gasteiger partial charge in [-0.05, 0) is 19.3 Å². The fraction of sp³-hybridized carbons (Fsp3) is 1.00. The molecule has 1 nitrogen and oxygen atoms in total. The third-order valence-electron chi connectivity index (χ3n) is 4.08. The van der Waals surface area contributed by atoms with Crippen LogP contribution >= 0.6 is 12.4 Å². The Kier molecular flexibility index (Phi) is 16.6. The molecule has 0 rings (SSSR count). The molecule has 2 N–H and O–H groups in total. The van der Waals surface area contributed by atoms with Crippen LogP contribution in [0.5, 0.6) is 0 Å². The van der Waals surface area contributed by atoms with Gasteiger partial charge in [-0.1, -0.05) is 85.0 Å². The Hall–Kier alpha value is 0.250. The van der Waals surface area contributed by atoms with Gasteiger partial charge in [0.05, 0.1) is 0 Å². The Labute approximate surface area is 128 Å². The standard InChI is InChI=1S/C17H37N.ClH/c1-4-7-10-13-16-17(18,14-11-8-5-2)15-12-9-6-3;/h4-16,18H2,1-3H3;1H. The smallest absolute Gasteiger partial charge is 0.0154 e. The fourth-order valence-electron chi connectivity index (χ4n) is 2.73. The number of unbranched alkanes of at least 4 members (excludes halogenated alkanes) is 7. The topological polar surface area (TPSA) is 26.0 Å². The Morgan fingerprint density at radius 3 is 1.26 bits per heavy atom. The van der Waals surface area contributed by atoms with Gasteiger partial charge in [0.2, 0.25) is 0 Å². The highest BCUT2D eigenvalue weighted by Crippen LogP contribution is 2.26. The van der Waals surface area contributed by atoms with Gasteiger partial charge in [-0.2, -0.15) is 0 Å². The van der Waals surface area contributed by atoms with Gasteiger partial charge < -0.3 is 5.73 Å². The molecule has 2 heteroatoms. The van der Waals surface area contributed by atoms with E-state index >= 15 is 0 Å². The first kappa shape index (κ1) is 21.5. The molecule has 0 aromatic heterocycles. The average Bonchev–Trinajstić information content (AvgIpc) is 2.36. The van der Waals surface area contributed by atoms with Gasteiger partial charge in [-0.25, -0.2) is 0 Å². The molecule has 0 fully saturated rings. The molecule has 0 atom stereocenters. The summed E-state index contributed by atoms with van der Waals surface area (Å²) in [4.78, 5) is 0. The first-order chi connectivity index (χ1) is 8.68. The van der Waals surface area contributed by atoms with Crippen LogP contribution in [0.1, 0.15) is 104 Å². The largest absolute Gasteiger partial charge is 0.325 e. The van der Waals surface area contributed by atoms with Crippen LogP contribution in [0.15, 0.2) is 0 Å². The molecule has 0 saturated carbocycles. The quantitative estimate of drug-likeness (QED) is 0.400. The second kappa shape index (κ2) is 14.7. The van der Waals surface area contributed by atoms with Crippen LogP contribution in [0, 0.1) is 0 Å². The summed E-state index contributed by atoms with van der Waals surface area (Å²) in [5.74, 6) is 0. The number of halogens is 1. The summed E-state index contributed by atoms with van der Waals surface area (Å²) >= 11 is 0. The molecule has 0 radical (unpaired) electrons. The van der Waals surface area contributed by atoms with E-state index in [1.165, 1.54) is 83.5 Å². The minimum atomic E-state index is 0. The van der Waals surface area contributed by atoms with E-state index in [1.807, 2.05) is 0 Å². The average molecular weight is 292 g/mol. The van der Waals surface area contributed by atoms with Crippen molar-refractivity contribution in [2.24, 2.45) is 5.73 Å². The molecule has 118 valence electrons. The molecule has 0 spiro atoms. The molecule has 0 aliphatic heterocycles. The van der Waals surface area contributed by atoms with E-state index in [0.717, 1.165) is 0 Å². The summed E-state index contributed by atoms with van der Waals surface area (Å²) in [5.41, 5.74) is 6.81. The predicted molar refractivity (Wildman–Crippen MR) is 91.2 cm³/mol. The van der Waals surface area contributed by atoms with E-state index in [1.54, 1.807) is 0 Å². The Morgan fingerprint density at radius 1 is 0.579 bits per heavy atom. The maximum absolute atomic E-state index is 6.66. The van der Waals surface area contributed by atoms with E-state index in [9.17, 15) is 0 Å². The van der Waals surface area contributed by atoms with E-state index in [-0.39, 0.29) is 17.9 Å². The summed E-state index contributed by atoms with van der Waals surface area (Å²) in [5, 5.41) is 0. The fourth-order valence-corrected chi connectivity index (χ4v) is 2.73. The van der Waals surface area contributed by atoms with Crippen LogP contribution in [-0.2, 0) is 0 Å². The molecule has 0 unspecified atom stereocenters. The van der Waals surface area contributed by atoms with Crippen molar-refractivity contribution in [1.82, 2.24) is 0 Å². The molecule has 0 aromatic rings. The summed E-state index contributed by atoms with van der Waals surface area (Å²) in [6, 6.07) is 0. The highest BCUT2D eigenvalue weighted by molar-refractivity contribution is 5.85. The van der Waals surface area contributed by atoms with E-state index in [2.05, 4.69) is 20.8 Å². The van der Waals surface area contributed by atoms with Crippen LogP contribution in [0.3, 0.4) is 0 Å². The highest BCUT2D eigenvalue weighted by atomic mass is 35.5. The molecule has 0 bridgehead atoms. The van der Waals surface area contributed by atoms with Crippen LogP contribution < -0.4 is 5.73 Å². The normalized spacial score (nSPS) is 11.4. The maximum atomic E-state index is 6.66. The predicted octanol–water partition coefficient (Wildman–Crippen LogP) is 6.24. The SMILES string of the molecule is CCCCCCC(N)(CCCCC)CCCCC.Cl. The van der Waals surface area contributed by atoms with Crippen LogP contribution in [0.25, 0.3) is 0 Å². The van der Waals surface area contributed by atoms with Gasteiger partial charge in [-0.15, -0.1) is 12.4 Å². The molecule has 0 aromatic carbocycles. The zero-order chi connectivity index (χ0) is 13.7. The zero-order valence-electron chi connectivity index (χ0n) is 13.7. The molecule has 0 aliphatic carbocycles. The zero-order valence-corrected chi connectivity index (χ0v) is 14.5. The monoisotopic (exact) mass is 291 g/mol. The third kappa shape index (κ3) is 13.0. The first-order valence-corrected chi connectivity index (χ1v) is 8.47. The molecule has 0 saturated heterocycles. The minimum Gasteiger partial charge on any atom is -0.325 e. The van der Waals surface area contributed by atoms with Crippen LogP contribution in [0.2, 0.25) is 0 Å². The lowest BCUT2D eigenvalue weighted by atomic mass is 9.83. The van der Waals surface area contributed by atoms with Crippen molar-refractivity contribution in [3.8, 4) is 0 Å². The summed E-state index contributed by atoms with van der Waals surface area (Å²) < 4.78 is 0. The summed E-state index contributed by atoms with van der Waals surface area (Å²) in [6.07, 6.45) is 17.1. The van der Waals surface area contributed by atoms with Crippen molar-refractivity contribution in [3.63, 3.8) is 0 Å². The minimum absolute atomic E-state index is 0. The summed E-state index contributed by atoms with van der Waals surface area (Å²) in [6.45, 7) is 6.82. The van der Waals surface area contributed by atoms with Gasteiger partial charge in [0.1, 0.15) is 0 Å². The van der Waals surface area contributed by atoms with Crippen LogP contribution in [0.4, 0.5) is 0 Å². The van der Waals surface area contributed by atoms with Crippen molar-refractivity contribution < 1.29 is 0 Å². The lowest BCUT2D eigenvalue weighted by Gasteiger charge is -2.30. The lowest BCUT2D eigenvalue weighted by Crippen LogP contribution is -2.39. The van der Waals surface area contributed by atoms with Crippen molar-refractivity contribution in [2.75, 3.05) is 0 Å². The highest BCUT2D eigenvalue weighted by Gasteiger charge is 2.22.